The first-order valence-electron chi connectivity index (χ1n) is 4.40. The molecule has 2 bridgehead atoms. The lowest BCUT2D eigenvalue weighted by Gasteiger charge is -2.46. The Morgan fingerprint density at radius 1 is 1.36 bits per heavy atom. The maximum Gasteiger partial charge on any atom is 0.0708 e. The highest BCUT2D eigenvalue weighted by molar-refractivity contribution is 4.94. The lowest BCUT2D eigenvalue weighted by atomic mass is 9.91. The minimum absolute atomic E-state index is 0.107. The summed E-state index contributed by atoms with van der Waals surface area (Å²) in [5.74, 6) is 0. The molecule has 2 aliphatic heterocycles. The van der Waals surface area contributed by atoms with Gasteiger partial charge in [-0.05, 0) is 19.9 Å². The van der Waals surface area contributed by atoms with Gasteiger partial charge in [0.15, 0.2) is 0 Å². The quantitative estimate of drug-likeness (QED) is 0.492. The molecule has 3 unspecified atom stereocenters. The smallest absolute Gasteiger partial charge is 0.0708 e. The number of aliphatic hydroxyl groups is 1. The average molecular weight is 156 g/mol. The maximum absolute atomic E-state index is 9.61. The molecule has 0 saturated carbocycles. The van der Waals surface area contributed by atoms with E-state index in [-0.39, 0.29) is 6.10 Å². The Balaban J connectivity index is 2.09. The van der Waals surface area contributed by atoms with Crippen molar-refractivity contribution in [2.75, 3.05) is 20.1 Å². The second-order valence-electron chi connectivity index (χ2n) is 3.69. The molecular formula is C8H16N2O. The van der Waals surface area contributed by atoms with Crippen LogP contribution in [0.3, 0.4) is 0 Å². The zero-order chi connectivity index (χ0) is 7.84. The van der Waals surface area contributed by atoms with Crippen LogP contribution in [0.2, 0.25) is 0 Å². The van der Waals surface area contributed by atoms with Gasteiger partial charge in [0.1, 0.15) is 0 Å². The van der Waals surface area contributed by atoms with Gasteiger partial charge in [0, 0.05) is 25.2 Å². The fourth-order valence-corrected chi connectivity index (χ4v) is 2.23. The lowest BCUT2D eigenvalue weighted by molar-refractivity contribution is -0.0235. The Morgan fingerprint density at radius 3 is 2.91 bits per heavy atom. The van der Waals surface area contributed by atoms with Crippen LogP contribution >= 0.6 is 0 Å². The number of piperidine rings is 1. The van der Waals surface area contributed by atoms with Crippen molar-refractivity contribution in [2.24, 2.45) is 0 Å². The van der Waals surface area contributed by atoms with E-state index in [0.717, 1.165) is 25.9 Å². The third-order valence-electron chi connectivity index (χ3n) is 3.07. The van der Waals surface area contributed by atoms with Crippen LogP contribution in [0.15, 0.2) is 0 Å². The van der Waals surface area contributed by atoms with Crippen LogP contribution < -0.4 is 5.32 Å². The first kappa shape index (κ1) is 7.53. The molecule has 3 nitrogen and oxygen atoms in total. The molecule has 0 aromatic rings. The zero-order valence-corrected chi connectivity index (χ0v) is 6.95. The number of hydrogen-bond donors (Lipinski definition) is 2. The molecule has 2 saturated heterocycles. The number of fused-ring (bicyclic) bond motifs is 2. The van der Waals surface area contributed by atoms with Gasteiger partial charge in [0.05, 0.1) is 6.10 Å². The van der Waals surface area contributed by atoms with Gasteiger partial charge in [-0.3, -0.25) is 4.90 Å². The molecule has 2 rings (SSSR count). The summed E-state index contributed by atoms with van der Waals surface area (Å²) in [6.45, 7) is 2.05. The van der Waals surface area contributed by atoms with Gasteiger partial charge in [-0.15, -0.1) is 0 Å². The van der Waals surface area contributed by atoms with E-state index < -0.39 is 0 Å². The highest BCUT2D eigenvalue weighted by Gasteiger charge is 2.36. The first-order valence-corrected chi connectivity index (χ1v) is 4.40. The Kier molecular flexibility index (Phi) is 1.87. The molecule has 0 radical (unpaired) electrons. The van der Waals surface area contributed by atoms with Crippen molar-refractivity contribution in [2.45, 2.75) is 31.0 Å². The highest BCUT2D eigenvalue weighted by atomic mass is 16.3. The van der Waals surface area contributed by atoms with Gasteiger partial charge in [0.2, 0.25) is 0 Å². The fourth-order valence-electron chi connectivity index (χ4n) is 2.23. The van der Waals surface area contributed by atoms with Crippen LogP contribution in [0.1, 0.15) is 12.8 Å². The van der Waals surface area contributed by atoms with Crippen LogP contribution in [0.4, 0.5) is 0 Å². The predicted molar refractivity (Wildman–Crippen MR) is 43.4 cm³/mol. The molecule has 2 fully saturated rings. The molecule has 11 heavy (non-hydrogen) atoms. The number of rotatable bonds is 0. The minimum atomic E-state index is -0.107. The molecule has 0 aromatic carbocycles. The third kappa shape index (κ3) is 1.17. The average Bonchev–Trinajstić information content (AvgIpc) is 1.98. The highest BCUT2D eigenvalue weighted by Crippen LogP contribution is 2.23. The maximum atomic E-state index is 9.61. The van der Waals surface area contributed by atoms with E-state index in [1.165, 1.54) is 0 Å². The molecule has 0 aromatic heterocycles. The van der Waals surface area contributed by atoms with Crippen molar-refractivity contribution < 1.29 is 5.11 Å². The monoisotopic (exact) mass is 156 g/mol. The van der Waals surface area contributed by atoms with Crippen molar-refractivity contribution in [3.63, 3.8) is 0 Å². The van der Waals surface area contributed by atoms with Crippen LogP contribution in [0.25, 0.3) is 0 Å². The molecule has 2 heterocycles. The van der Waals surface area contributed by atoms with Crippen LogP contribution in [-0.2, 0) is 0 Å². The number of aliphatic hydroxyl groups excluding tert-OH is 1. The number of nitrogens with one attached hydrogen (secondary N) is 1. The topological polar surface area (TPSA) is 35.5 Å². The Bertz CT molecular complexity index is 151. The third-order valence-corrected chi connectivity index (χ3v) is 3.07. The first-order chi connectivity index (χ1) is 5.29. The van der Waals surface area contributed by atoms with Gasteiger partial charge in [-0.25, -0.2) is 0 Å². The summed E-state index contributed by atoms with van der Waals surface area (Å²) in [6, 6.07) is 1.03. The SMILES string of the molecule is CN1C2CCC(O)C1CNC2. The summed E-state index contributed by atoms with van der Waals surface area (Å²) in [5, 5.41) is 13.0. The molecule has 0 amide bonds. The number of hydrogen-bond acceptors (Lipinski definition) is 3. The van der Waals surface area contributed by atoms with E-state index in [1.54, 1.807) is 0 Å². The summed E-state index contributed by atoms with van der Waals surface area (Å²) in [5.41, 5.74) is 0. The molecule has 0 spiro atoms. The second-order valence-corrected chi connectivity index (χ2v) is 3.69. The minimum Gasteiger partial charge on any atom is -0.391 e. The molecule has 3 atom stereocenters. The van der Waals surface area contributed by atoms with Gasteiger partial charge >= 0.3 is 0 Å². The lowest BCUT2D eigenvalue weighted by Crippen LogP contribution is -2.62. The standard InChI is InChI=1S/C8H16N2O/c1-10-6-2-3-8(11)7(10)5-9-4-6/h6-9,11H,2-5H2,1H3. The van der Waals surface area contributed by atoms with Crippen molar-refractivity contribution in [1.29, 1.82) is 0 Å². The van der Waals surface area contributed by atoms with E-state index in [4.69, 9.17) is 0 Å². The predicted octanol–water partition coefficient (Wildman–Crippen LogP) is -0.587. The number of likely N-dealkylation sites (N-methyl/N-ethyl adjacent to an activating group) is 1. The summed E-state index contributed by atoms with van der Waals surface area (Å²) in [4.78, 5) is 2.32. The van der Waals surface area contributed by atoms with Gasteiger partial charge in [0.25, 0.3) is 0 Å². The van der Waals surface area contributed by atoms with Crippen LogP contribution in [-0.4, -0.2) is 48.3 Å². The Labute approximate surface area is 67.4 Å². The zero-order valence-electron chi connectivity index (χ0n) is 6.95. The van der Waals surface area contributed by atoms with Crippen molar-refractivity contribution >= 4 is 0 Å². The number of nitrogens with zero attached hydrogens (tertiary/aromatic N) is 1. The van der Waals surface area contributed by atoms with Gasteiger partial charge in [-0.2, -0.15) is 0 Å². The van der Waals surface area contributed by atoms with Crippen LogP contribution in [0.5, 0.6) is 0 Å². The number of piperazine rings is 1. The normalized spacial score (nSPS) is 45.8. The molecule has 3 heteroatoms. The van der Waals surface area contributed by atoms with E-state index in [0.29, 0.717) is 12.1 Å². The van der Waals surface area contributed by atoms with E-state index in [1.807, 2.05) is 0 Å². The molecule has 0 aliphatic carbocycles. The van der Waals surface area contributed by atoms with Gasteiger partial charge < -0.3 is 10.4 Å². The summed E-state index contributed by atoms with van der Waals surface area (Å²) in [7, 11) is 2.12. The summed E-state index contributed by atoms with van der Waals surface area (Å²) >= 11 is 0. The van der Waals surface area contributed by atoms with E-state index in [2.05, 4.69) is 17.3 Å². The molecule has 64 valence electrons. The van der Waals surface area contributed by atoms with Crippen molar-refractivity contribution in [3.8, 4) is 0 Å². The summed E-state index contributed by atoms with van der Waals surface area (Å²) in [6.07, 6.45) is 2.02. The largest absolute Gasteiger partial charge is 0.391 e. The van der Waals surface area contributed by atoms with Gasteiger partial charge in [-0.1, -0.05) is 0 Å². The molecular weight excluding hydrogens is 140 g/mol. The Morgan fingerprint density at radius 2 is 2.18 bits per heavy atom. The van der Waals surface area contributed by atoms with Crippen molar-refractivity contribution in [3.05, 3.63) is 0 Å². The van der Waals surface area contributed by atoms with Crippen molar-refractivity contribution in [1.82, 2.24) is 10.2 Å². The van der Waals surface area contributed by atoms with E-state index in [9.17, 15) is 5.11 Å². The fraction of sp³-hybridized carbons (Fsp3) is 1.00. The molecule has 2 N–H and O–H groups in total. The molecule has 2 aliphatic rings. The van der Waals surface area contributed by atoms with Crippen LogP contribution in [0, 0.1) is 0 Å². The Hall–Kier alpha value is -0.120. The second kappa shape index (κ2) is 2.73. The van der Waals surface area contributed by atoms with E-state index >= 15 is 0 Å². The summed E-state index contributed by atoms with van der Waals surface area (Å²) < 4.78 is 0.